The molecule has 0 radical (unpaired) electrons. The van der Waals surface area contributed by atoms with Gasteiger partial charge in [-0.15, -0.1) is 24.0 Å². The number of aliphatic imine (C=N–C) groups is 1. The first-order valence-corrected chi connectivity index (χ1v) is 7.87. The van der Waals surface area contributed by atoms with Gasteiger partial charge >= 0.3 is 0 Å². The fourth-order valence-electron chi connectivity index (χ4n) is 1.90. The lowest BCUT2D eigenvalue weighted by Crippen LogP contribution is -2.39. The van der Waals surface area contributed by atoms with Gasteiger partial charge in [0, 0.05) is 26.7 Å². The molecule has 0 rings (SSSR count). The quantitative estimate of drug-likeness (QED) is 0.223. The molecule has 128 valence electrons. The third kappa shape index (κ3) is 17.9. The van der Waals surface area contributed by atoms with Crippen LogP contribution in [0.5, 0.6) is 0 Å². The molecule has 0 atom stereocenters. The average molecular weight is 414 g/mol. The van der Waals surface area contributed by atoms with Crippen molar-refractivity contribution in [1.82, 2.24) is 15.5 Å². The van der Waals surface area contributed by atoms with Crippen molar-refractivity contribution in [2.45, 2.75) is 39.0 Å². The first-order valence-electron chi connectivity index (χ1n) is 7.87. The summed E-state index contributed by atoms with van der Waals surface area (Å²) in [5.41, 5.74) is 0. The molecule has 2 N–H and O–H groups in total. The zero-order chi connectivity index (χ0) is 15.1. The monoisotopic (exact) mass is 414 g/mol. The number of ether oxygens (including phenoxy) is 1. The first-order chi connectivity index (χ1) is 9.70. The van der Waals surface area contributed by atoms with Gasteiger partial charge in [-0.1, -0.05) is 19.3 Å². The molecular formula is C15H35IN4O. The van der Waals surface area contributed by atoms with E-state index >= 15 is 0 Å². The van der Waals surface area contributed by atoms with E-state index in [9.17, 15) is 0 Å². The summed E-state index contributed by atoms with van der Waals surface area (Å²) in [5, 5.41) is 6.57. The topological polar surface area (TPSA) is 48.9 Å². The van der Waals surface area contributed by atoms with Crippen LogP contribution in [-0.4, -0.2) is 64.9 Å². The van der Waals surface area contributed by atoms with Crippen LogP contribution in [0, 0.1) is 0 Å². The minimum absolute atomic E-state index is 0. The molecule has 0 aromatic heterocycles. The standard InChI is InChI=1S/C15H34N4O.HI/c1-5-20-14-12-18-15(16-2)17-11-9-7-6-8-10-13-19(3)4;/h5-14H2,1-4H3,(H2,16,17,18);1H. The molecule has 0 unspecified atom stereocenters. The summed E-state index contributed by atoms with van der Waals surface area (Å²) in [6.45, 7) is 6.49. The van der Waals surface area contributed by atoms with Crippen molar-refractivity contribution in [2.75, 3.05) is 54.0 Å². The number of guanidine groups is 1. The van der Waals surface area contributed by atoms with Gasteiger partial charge in [0.1, 0.15) is 0 Å². The van der Waals surface area contributed by atoms with Gasteiger partial charge in [-0.2, -0.15) is 0 Å². The maximum Gasteiger partial charge on any atom is 0.191 e. The summed E-state index contributed by atoms with van der Waals surface area (Å²) >= 11 is 0. The van der Waals surface area contributed by atoms with Crippen molar-refractivity contribution in [2.24, 2.45) is 4.99 Å². The third-order valence-corrected chi connectivity index (χ3v) is 3.04. The molecule has 0 aromatic carbocycles. The Kier molecular flexibility index (Phi) is 19.8. The number of hydrogen-bond acceptors (Lipinski definition) is 3. The van der Waals surface area contributed by atoms with E-state index in [-0.39, 0.29) is 24.0 Å². The number of nitrogens with zero attached hydrogens (tertiary/aromatic N) is 2. The second-order valence-electron chi connectivity index (χ2n) is 5.19. The number of unbranched alkanes of at least 4 members (excludes halogenated alkanes) is 4. The van der Waals surface area contributed by atoms with Gasteiger partial charge in [0.25, 0.3) is 0 Å². The maximum atomic E-state index is 5.28. The van der Waals surface area contributed by atoms with Crippen LogP contribution in [0.4, 0.5) is 0 Å². The second-order valence-corrected chi connectivity index (χ2v) is 5.19. The predicted molar refractivity (Wildman–Crippen MR) is 103 cm³/mol. The van der Waals surface area contributed by atoms with Gasteiger partial charge in [-0.25, -0.2) is 0 Å². The van der Waals surface area contributed by atoms with Crippen LogP contribution < -0.4 is 10.6 Å². The zero-order valence-electron chi connectivity index (χ0n) is 14.3. The smallest absolute Gasteiger partial charge is 0.191 e. The van der Waals surface area contributed by atoms with Gasteiger partial charge in [0.2, 0.25) is 0 Å². The highest BCUT2D eigenvalue weighted by Crippen LogP contribution is 2.02. The lowest BCUT2D eigenvalue weighted by molar-refractivity contribution is 0.152. The van der Waals surface area contributed by atoms with Crippen molar-refractivity contribution in [3.8, 4) is 0 Å². The molecular weight excluding hydrogens is 379 g/mol. The summed E-state index contributed by atoms with van der Waals surface area (Å²) in [6, 6.07) is 0. The van der Waals surface area contributed by atoms with Gasteiger partial charge in [0.15, 0.2) is 5.96 Å². The van der Waals surface area contributed by atoms with E-state index in [1.54, 1.807) is 7.05 Å². The zero-order valence-corrected chi connectivity index (χ0v) is 16.6. The van der Waals surface area contributed by atoms with Crippen LogP contribution in [0.3, 0.4) is 0 Å². The average Bonchev–Trinajstić information content (AvgIpc) is 2.43. The van der Waals surface area contributed by atoms with Crippen LogP contribution in [0.1, 0.15) is 39.0 Å². The normalized spacial score (nSPS) is 11.4. The lowest BCUT2D eigenvalue weighted by atomic mass is 10.1. The van der Waals surface area contributed by atoms with Gasteiger partial charge in [-0.3, -0.25) is 4.99 Å². The van der Waals surface area contributed by atoms with E-state index in [0.29, 0.717) is 0 Å². The molecule has 0 aliphatic rings. The van der Waals surface area contributed by atoms with Crippen molar-refractivity contribution < 1.29 is 4.74 Å². The fourth-order valence-corrected chi connectivity index (χ4v) is 1.90. The molecule has 0 amide bonds. The fraction of sp³-hybridized carbons (Fsp3) is 0.933. The SMILES string of the molecule is CCOCCNC(=NC)NCCCCCCCN(C)C.I. The minimum Gasteiger partial charge on any atom is -0.380 e. The summed E-state index contributed by atoms with van der Waals surface area (Å²) in [6.07, 6.45) is 6.46. The molecule has 0 heterocycles. The Labute approximate surface area is 148 Å². The van der Waals surface area contributed by atoms with E-state index in [0.717, 1.165) is 32.3 Å². The van der Waals surface area contributed by atoms with Crippen LogP contribution in [0.15, 0.2) is 4.99 Å². The molecule has 0 spiro atoms. The van der Waals surface area contributed by atoms with E-state index < -0.39 is 0 Å². The van der Waals surface area contributed by atoms with E-state index in [4.69, 9.17) is 4.74 Å². The highest BCUT2D eigenvalue weighted by Gasteiger charge is 1.97. The van der Waals surface area contributed by atoms with Crippen molar-refractivity contribution in [3.05, 3.63) is 0 Å². The van der Waals surface area contributed by atoms with Crippen molar-refractivity contribution in [3.63, 3.8) is 0 Å². The van der Waals surface area contributed by atoms with Crippen LogP contribution >= 0.6 is 24.0 Å². The number of rotatable bonds is 12. The Morgan fingerprint density at radius 3 is 2.24 bits per heavy atom. The molecule has 5 nitrogen and oxygen atoms in total. The molecule has 6 heteroatoms. The lowest BCUT2D eigenvalue weighted by Gasteiger charge is -2.12. The van der Waals surface area contributed by atoms with Gasteiger partial charge in [-0.05, 0) is 40.4 Å². The predicted octanol–water partition coefficient (Wildman–Crippen LogP) is 2.32. The maximum absolute atomic E-state index is 5.28. The van der Waals surface area contributed by atoms with E-state index in [1.165, 1.54) is 38.6 Å². The molecule has 0 bridgehead atoms. The van der Waals surface area contributed by atoms with Crippen molar-refractivity contribution >= 4 is 29.9 Å². The first kappa shape index (κ1) is 23.2. The Hall–Kier alpha value is -0.0800. The van der Waals surface area contributed by atoms with Crippen LogP contribution in [-0.2, 0) is 4.74 Å². The summed E-state index contributed by atoms with van der Waals surface area (Å²) in [7, 11) is 6.07. The van der Waals surface area contributed by atoms with Crippen molar-refractivity contribution in [1.29, 1.82) is 0 Å². The second kappa shape index (κ2) is 18.0. The molecule has 0 aliphatic carbocycles. The van der Waals surface area contributed by atoms with Gasteiger partial charge < -0.3 is 20.3 Å². The van der Waals surface area contributed by atoms with Crippen LogP contribution in [0.2, 0.25) is 0 Å². The van der Waals surface area contributed by atoms with E-state index in [1.807, 2.05) is 6.92 Å². The molecule has 0 saturated heterocycles. The van der Waals surface area contributed by atoms with Gasteiger partial charge in [0.05, 0.1) is 6.61 Å². The van der Waals surface area contributed by atoms with E-state index in [2.05, 4.69) is 34.6 Å². The largest absolute Gasteiger partial charge is 0.380 e. The van der Waals surface area contributed by atoms with Crippen LogP contribution in [0.25, 0.3) is 0 Å². The highest BCUT2D eigenvalue weighted by atomic mass is 127. The molecule has 0 aromatic rings. The number of nitrogens with one attached hydrogen (secondary N) is 2. The molecule has 0 fully saturated rings. The third-order valence-electron chi connectivity index (χ3n) is 3.04. The highest BCUT2D eigenvalue weighted by molar-refractivity contribution is 14.0. The molecule has 0 aliphatic heterocycles. The Balaban J connectivity index is 0. The molecule has 0 saturated carbocycles. The summed E-state index contributed by atoms with van der Waals surface area (Å²) in [5.74, 6) is 0.873. The Morgan fingerprint density at radius 2 is 1.62 bits per heavy atom. The Morgan fingerprint density at radius 1 is 1.00 bits per heavy atom. The minimum atomic E-state index is 0. The molecule has 21 heavy (non-hydrogen) atoms. The number of halogens is 1. The number of hydrogen-bond donors (Lipinski definition) is 2. The summed E-state index contributed by atoms with van der Waals surface area (Å²) < 4.78 is 5.28. The Bertz CT molecular complexity index is 238. The summed E-state index contributed by atoms with van der Waals surface area (Å²) in [4.78, 5) is 6.44.